The summed E-state index contributed by atoms with van der Waals surface area (Å²) in [6, 6.07) is 7.84. The Balaban J connectivity index is 2.84. The molecule has 0 saturated heterocycles. The van der Waals surface area contributed by atoms with Gasteiger partial charge >= 0.3 is 5.97 Å². The lowest BCUT2D eigenvalue weighted by molar-refractivity contribution is 0.0697. The summed E-state index contributed by atoms with van der Waals surface area (Å²) in [4.78, 5) is 10.5. The van der Waals surface area contributed by atoms with Crippen molar-refractivity contribution in [3.05, 3.63) is 35.4 Å². The van der Waals surface area contributed by atoms with Crippen LogP contribution in [-0.4, -0.2) is 11.1 Å². The Morgan fingerprint density at radius 3 is 2.50 bits per heavy atom. The van der Waals surface area contributed by atoms with Crippen molar-refractivity contribution < 1.29 is 9.90 Å². The quantitative estimate of drug-likeness (QED) is 0.751. The van der Waals surface area contributed by atoms with Crippen LogP contribution in [0.25, 0.3) is 0 Å². The summed E-state index contributed by atoms with van der Waals surface area (Å²) in [5.41, 5.74) is 6.66. The third-order valence-electron chi connectivity index (χ3n) is 1.90. The topological polar surface area (TPSA) is 87.1 Å². The number of carboxylic acids is 1. The molecule has 0 aliphatic heterocycles. The Morgan fingerprint density at radius 1 is 1.50 bits per heavy atom. The second-order valence-corrected chi connectivity index (χ2v) is 2.90. The number of hydrogen-bond donors (Lipinski definition) is 2. The molecule has 0 bridgehead atoms. The fourth-order valence-electron chi connectivity index (χ4n) is 1.09. The molecule has 0 aromatic heterocycles. The summed E-state index contributed by atoms with van der Waals surface area (Å²) in [5.74, 6) is -0.967. The van der Waals surface area contributed by atoms with Crippen molar-refractivity contribution in [1.29, 1.82) is 5.26 Å². The van der Waals surface area contributed by atoms with Crippen LogP contribution in [-0.2, 0) is 0 Å². The predicted molar refractivity (Wildman–Crippen MR) is 50.6 cm³/mol. The monoisotopic (exact) mass is 190 g/mol. The van der Waals surface area contributed by atoms with E-state index in [1.807, 2.05) is 6.07 Å². The molecule has 0 aliphatic rings. The molecule has 14 heavy (non-hydrogen) atoms. The van der Waals surface area contributed by atoms with E-state index in [0.29, 0.717) is 0 Å². The van der Waals surface area contributed by atoms with Gasteiger partial charge in [-0.15, -0.1) is 0 Å². The number of benzene rings is 1. The fraction of sp³-hybridized carbons (Fsp3) is 0.200. The van der Waals surface area contributed by atoms with Crippen LogP contribution in [0.3, 0.4) is 0 Å². The summed E-state index contributed by atoms with van der Waals surface area (Å²) in [5, 5.41) is 17.1. The molecule has 1 rings (SSSR count). The average Bonchev–Trinajstić information content (AvgIpc) is 2.18. The van der Waals surface area contributed by atoms with E-state index in [2.05, 4.69) is 0 Å². The van der Waals surface area contributed by atoms with Crippen LogP contribution in [0.4, 0.5) is 0 Å². The first kappa shape index (κ1) is 10.2. The van der Waals surface area contributed by atoms with Crippen molar-refractivity contribution in [2.45, 2.75) is 12.5 Å². The Bertz CT molecular complexity index is 365. The lowest BCUT2D eigenvalue weighted by Gasteiger charge is -2.07. The van der Waals surface area contributed by atoms with Crippen LogP contribution < -0.4 is 5.73 Å². The van der Waals surface area contributed by atoms with Gasteiger partial charge in [-0.3, -0.25) is 0 Å². The Morgan fingerprint density at radius 2 is 2.07 bits per heavy atom. The normalized spacial score (nSPS) is 11.7. The van der Waals surface area contributed by atoms with Gasteiger partial charge in [0.1, 0.15) is 0 Å². The number of nitriles is 1. The minimum Gasteiger partial charge on any atom is -0.478 e. The molecule has 1 aromatic rings. The molecule has 0 radical (unpaired) electrons. The molecule has 0 aliphatic carbocycles. The zero-order valence-corrected chi connectivity index (χ0v) is 7.47. The van der Waals surface area contributed by atoms with E-state index in [1.54, 1.807) is 12.1 Å². The van der Waals surface area contributed by atoms with E-state index in [9.17, 15) is 4.79 Å². The molecule has 3 N–H and O–H groups in total. The minimum absolute atomic E-state index is 0.220. The first-order valence-corrected chi connectivity index (χ1v) is 4.11. The molecule has 0 saturated carbocycles. The molecule has 72 valence electrons. The SMILES string of the molecule is N#CCC(N)c1ccc(C(=O)O)cc1. The van der Waals surface area contributed by atoms with Gasteiger partial charge in [0.15, 0.2) is 0 Å². The predicted octanol–water partition coefficient (Wildman–Crippen LogP) is 1.30. The minimum atomic E-state index is -0.967. The summed E-state index contributed by atoms with van der Waals surface area (Å²) >= 11 is 0. The van der Waals surface area contributed by atoms with E-state index >= 15 is 0 Å². The fourth-order valence-corrected chi connectivity index (χ4v) is 1.09. The van der Waals surface area contributed by atoms with Crippen molar-refractivity contribution in [3.8, 4) is 6.07 Å². The van der Waals surface area contributed by atoms with Crippen LogP contribution in [0.2, 0.25) is 0 Å². The molecule has 0 heterocycles. The van der Waals surface area contributed by atoms with Crippen LogP contribution in [0.5, 0.6) is 0 Å². The molecule has 0 amide bonds. The number of aromatic carboxylic acids is 1. The first-order chi connectivity index (χ1) is 6.65. The van der Waals surface area contributed by atoms with Crippen LogP contribution in [0, 0.1) is 11.3 Å². The molecule has 1 aromatic carbocycles. The molecule has 1 atom stereocenters. The van der Waals surface area contributed by atoms with Gasteiger partial charge in [0.25, 0.3) is 0 Å². The van der Waals surface area contributed by atoms with Gasteiger partial charge in [0.05, 0.1) is 18.1 Å². The van der Waals surface area contributed by atoms with Crippen molar-refractivity contribution in [2.24, 2.45) is 5.73 Å². The average molecular weight is 190 g/mol. The number of hydrogen-bond acceptors (Lipinski definition) is 3. The van der Waals surface area contributed by atoms with Crippen LogP contribution >= 0.6 is 0 Å². The Kier molecular flexibility index (Phi) is 3.21. The molecule has 4 heteroatoms. The van der Waals surface area contributed by atoms with Gasteiger partial charge in [0, 0.05) is 6.04 Å². The second-order valence-electron chi connectivity index (χ2n) is 2.90. The summed E-state index contributed by atoms with van der Waals surface area (Å²) in [6.07, 6.45) is 0.229. The zero-order chi connectivity index (χ0) is 10.6. The van der Waals surface area contributed by atoms with Gasteiger partial charge in [-0.25, -0.2) is 4.79 Å². The second kappa shape index (κ2) is 4.40. The lowest BCUT2D eigenvalue weighted by Crippen LogP contribution is -2.09. The van der Waals surface area contributed by atoms with Crippen molar-refractivity contribution in [3.63, 3.8) is 0 Å². The molecular formula is C10H10N2O2. The molecule has 0 fully saturated rings. The maximum absolute atomic E-state index is 10.5. The number of nitrogens with zero attached hydrogens (tertiary/aromatic N) is 1. The maximum atomic E-state index is 10.5. The van der Waals surface area contributed by atoms with E-state index in [4.69, 9.17) is 16.1 Å². The van der Waals surface area contributed by atoms with Gasteiger partial charge in [-0.05, 0) is 17.7 Å². The number of nitrogens with two attached hydrogens (primary N) is 1. The van der Waals surface area contributed by atoms with E-state index in [0.717, 1.165) is 5.56 Å². The standard InChI is InChI=1S/C10H10N2O2/c11-6-5-9(12)7-1-3-8(4-2-7)10(13)14/h1-4,9H,5,12H2,(H,13,14). The molecule has 4 nitrogen and oxygen atoms in total. The third-order valence-corrected chi connectivity index (χ3v) is 1.90. The molecule has 1 unspecified atom stereocenters. The third kappa shape index (κ3) is 2.31. The summed E-state index contributed by atoms with van der Waals surface area (Å²) in [7, 11) is 0. The largest absolute Gasteiger partial charge is 0.478 e. The van der Waals surface area contributed by atoms with Gasteiger partial charge in [0.2, 0.25) is 0 Å². The van der Waals surface area contributed by atoms with Crippen molar-refractivity contribution in [2.75, 3.05) is 0 Å². The maximum Gasteiger partial charge on any atom is 0.335 e. The van der Waals surface area contributed by atoms with Gasteiger partial charge in [-0.1, -0.05) is 12.1 Å². The van der Waals surface area contributed by atoms with Crippen LogP contribution in [0.15, 0.2) is 24.3 Å². The lowest BCUT2D eigenvalue weighted by atomic mass is 10.0. The van der Waals surface area contributed by atoms with Gasteiger partial charge < -0.3 is 10.8 Å². The highest BCUT2D eigenvalue weighted by Crippen LogP contribution is 2.14. The van der Waals surface area contributed by atoms with E-state index in [-0.39, 0.29) is 18.0 Å². The Labute approximate surface area is 81.6 Å². The summed E-state index contributed by atoms with van der Waals surface area (Å²) in [6.45, 7) is 0. The molecule has 0 spiro atoms. The van der Waals surface area contributed by atoms with Gasteiger partial charge in [-0.2, -0.15) is 5.26 Å². The number of carboxylic acid groups (broad SMARTS) is 1. The first-order valence-electron chi connectivity index (χ1n) is 4.11. The summed E-state index contributed by atoms with van der Waals surface area (Å²) < 4.78 is 0. The van der Waals surface area contributed by atoms with Crippen molar-refractivity contribution >= 4 is 5.97 Å². The van der Waals surface area contributed by atoms with E-state index in [1.165, 1.54) is 12.1 Å². The van der Waals surface area contributed by atoms with Crippen LogP contribution in [0.1, 0.15) is 28.4 Å². The Hall–Kier alpha value is -1.86. The highest BCUT2D eigenvalue weighted by atomic mass is 16.4. The zero-order valence-electron chi connectivity index (χ0n) is 7.47. The highest BCUT2D eigenvalue weighted by molar-refractivity contribution is 5.87. The van der Waals surface area contributed by atoms with Crippen molar-refractivity contribution in [1.82, 2.24) is 0 Å². The smallest absolute Gasteiger partial charge is 0.335 e. The number of rotatable bonds is 3. The highest BCUT2D eigenvalue weighted by Gasteiger charge is 2.06. The van der Waals surface area contributed by atoms with E-state index < -0.39 is 5.97 Å². The number of carbonyl (C=O) groups is 1. The molecular weight excluding hydrogens is 180 g/mol.